The highest BCUT2D eigenvalue weighted by Gasteiger charge is 2.29. The van der Waals surface area contributed by atoms with E-state index < -0.39 is 0 Å². The van der Waals surface area contributed by atoms with Gasteiger partial charge in [-0.25, -0.2) is 4.98 Å². The summed E-state index contributed by atoms with van der Waals surface area (Å²) in [5, 5.41) is 0. The maximum atomic E-state index is 12.6. The van der Waals surface area contributed by atoms with E-state index in [1.54, 1.807) is 36.7 Å². The van der Waals surface area contributed by atoms with E-state index in [4.69, 9.17) is 5.73 Å². The summed E-state index contributed by atoms with van der Waals surface area (Å²) in [5.41, 5.74) is 8.39. The van der Waals surface area contributed by atoms with Gasteiger partial charge in [-0.15, -0.1) is 0 Å². The van der Waals surface area contributed by atoms with Crippen molar-refractivity contribution in [3.8, 4) is 0 Å². The molecule has 1 saturated heterocycles. The molecule has 0 saturated carbocycles. The van der Waals surface area contributed by atoms with Crippen LogP contribution in [0.3, 0.4) is 0 Å². The molecule has 9 heteroatoms. The number of hydrogen-bond acceptors (Lipinski definition) is 8. The number of nitrogens with zero attached hydrogens (tertiary/aromatic N) is 5. The zero-order valence-corrected chi connectivity index (χ0v) is 18.0. The van der Waals surface area contributed by atoms with E-state index in [1.807, 2.05) is 24.5 Å². The highest BCUT2D eigenvalue weighted by atomic mass is 32.2. The van der Waals surface area contributed by atoms with Gasteiger partial charge in [0.2, 0.25) is 0 Å². The quantitative estimate of drug-likeness (QED) is 0.580. The van der Waals surface area contributed by atoms with Crippen LogP contribution < -0.4 is 15.5 Å². The Morgan fingerprint density at radius 1 is 1.23 bits per heavy atom. The molecule has 158 valence electrons. The molecule has 4 heterocycles. The Kier molecular flexibility index (Phi) is 7.81. The number of aromatic nitrogens is 2. The van der Waals surface area contributed by atoms with Crippen molar-refractivity contribution < 1.29 is 8.98 Å². The lowest BCUT2D eigenvalue weighted by atomic mass is 10.2. The Morgan fingerprint density at radius 3 is 2.60 bits per heavy atom. The van der Waals surface area contributed by atoms with Crippen LogP contribution in [0.4, 0.5) is 17.2 Å². The smallest absolute Gasteiger partial charge is 0.262 e. The van der Waals surface area contributed by atoms with Gasteiger partial charge in [0.05, 0.1) is 43.0 Å². The summed E-state index contributed by atoms with van der Waals surface area (Å²) >= 11 is 1.36. The molecule has 4 rings (SSSR count). The predicted octanol–water partition coefficient (Wildman–Crippen LogP) is 2.95. The monoisotopic (exact) mass is 426 g/mol. The number of aliphatic imine (C=N–C) groups is 1. The van der Waals surface area contributed by atoms with Crippen LogP contribution in [0.1, 0.15) is 12.8 Å². The average molecular weight is 427 g/mol. The molecular formula is C21H26N6O2S. The molecule has 1 fully saturated rings. The minimum absolute atomic E-state index is 0.166. The molecule has 8 nitrogen and oxygen atoms in total. The zero-order valence-electron chi connectivity index (χ0n) is 17.2. The number of rotatable bonds is 5. The van der Waals surface area contributed by atoms with Crippen LogP contribution in [0, 0.1) is 0 Å². The molecule has 2 aromatic heterocycles. The van der Waals surface area contributed by atoms with Gasteiger partial charge >= 0.3 is 0 Å². The highest BCUT2D eigenvalue weighted by molar-refractivity contribution is 7.93. The van der Waals surface area contributed by atoms with Gasteiger partial charge in [-0.3, -0.25) is 14.8 Å². The van der Waals surface area contributed by atoms with E-state index in [0.717, 1.165) is 24.6 Å². The van der Waals surface area contributed by atoms with Crippen molar-refractivity contribution in [2.24, 2.45) is 10.7 Å². The summed E-state index contributed by atoms with van der Waals surface area (Å²) in [7, 11) is 1.64. The summed E-state index contributed by atoms with van der Waals surface area (Å²) in [4.78, 5) is 29.4. The number of carbonyl (C=O) groups excluding carboxylic acids is 1. The van der Waals surface area contributed by atoms with Gasteiger partial charge in [-0.2, -0.15) is 0 Å². The van der Waals surface area contributed by atoms with E-state index >= 15 is 0 Å². The molecule has 2 aliphatic heterocycles. The lowest BCUT2D eigenvalue weighted by Gasteiger charge is -2.15. The second-order valence-corrected chi connectivity index (χ2v) is 7.37. The van der Waals surface area contributed by atoms with Gasteiger partial charge in [-0.1, -0.05) is 0 Å². The van der Waals surface area contributed by atoms with Gasteiger partial charge in [0, 0.05) is 37.5 Å². The molecule has 0 bridgehead atoms. The molecule has 0 unspecified atom stereocenters. The van der Waals surface area contributed by atoms with Crippen molar-refractivity contribution in [2.75, 3.05) is 42.8 Å². The molecule has 30 heavy (non-hydrogen) atoms. The largest absolute Gasteiger partial charge is 0.400 e. The minimum atomic E-state index is -0.166. The summed E-state index contributed by atoms with van der Waals surface area (Å²) < 4.78 is 4.46. The van der Waals surface area contributed by atoms with Crippen molar-refractivity contribution in [3.05, 3.63) is 54.1 Å². The van der Waals surface area contributed by atoms with Crippen molar-refractivity contribution in [2.45, 2.75) is 12.8 Å². The maximum absolute atomic E-state index is 12.6. The van der Waals surface area contributed by atoms with E-state index in [-0.39, 0.29) is 5.91 Å². The first-order valence-corrected chi connectivity index (χ1v) is 10.8. The summed E-state index contributed by atoms with van der Waals surface area (Å²) in [6, 6.07) is 7.50. The molecule has 1 amide bonds. The van der Waals surface area contributed by atoms with Gasteiger partial charge in [0.15, 0.2) is 0 Å². The lowest BCUT2D eigenvalue weighted by Crippen LogP contribution is -2.27. The second-order valence-electron chi connectivity index (χ2n) is 6.70. The normalized spacial score (nSPS) is 16.4. The molecule has 2 aromatic rings. The van der Waals surface area contributed by atoms with Crippen LogP contribution in [0.25, 0.3) is 0 Å². The Labute approximate surface area is 181 Å². The first-order valence-electron chi connectivity index (χ1n) is 9.66. The van der Waals surface area contributed by atoms with E-state index in [0.29, 0.717) is 23.5 Å². The number of hydrogen-bond donors (Lipinski definition) is 1. The molecule has 0 aromatic carbocycles. The third-order valence-electron chi connectivity index (χ3n) is 4.78. The standard InChI is InChI=1S/C19H20N6O.C2H6OS/c20-17-13-25(15-4-3-7-21-11-15)19(26)16(17)12-22-14-5-6-18(23-10-14)24-8-1-2-9-24;1-3-4-2/h3-7,10-12H,1-2,8-9,13,20H2;1-2H3. The van der Waals surface area contributed by atoms with Crippen molar-refractivity contribution in [1.82, 2.24) is 9.97 Å². The second kappa shape index (κ2) is 10.7. The zero-order chi connectivity index (χ0) is 21.3. The topological polar surface area (TPSA) is 96.9 Å². The fraction of sp³-hybridized carbons (Fsp3) is 0.333. The number of amides is 1. The first-order chi connectivity index (χ1) is 14.6. The third kappa shape index (κ3) is 5.37. The van der Waals surface area contributed by atoms with E-state index in [9.17, 15) is 4.79 Å². The van der Waals surface area contributed by atoms with Gasteiger partial charge in [0.25, 0.3) is 5.91 Å². The van der Waals surface area contributed by atoms with Crippen LogP contribution in [-0.4, -0.2) is 55.1 Å². The third-order valence-corrected chi connectivity index (χ3v) is 5.11. The van der Waals surface area contributed by atoms with Crippen molar-refractivity contribution in [3.63, 3.8) is 0 Å². The van der Waals surface area contributed by atoms with Crippen LogP contribution >= 0.6 is 12.0 Å². The molecule has 0 radical (unpaired) electrons. The van der Waals surface area contributed by atoms with Crippen LogP contribution in [0.15, 0.2) is 59.1 Å². The fourth-order valence-corrected chi connectivity index (χ4v) is 3.20. The van der Waals surface area contributed by atoms with Gasteiger partial charge in [-0.05, 0) is 49.1 Å². The molecule has 0 spiro atoms. The maximum Gasteiger partial charge on any atom is 0.262 e. The van der Waals surface area contributed by atoms with E-state index in [1.165, 1.54) is 31.1 Å². The van der Waals surface area contributed by atoms with Crippen molar-refractivity contribution >= 4 is 41.4 Å². The van der Waals surface area contributed by atoms with Crippen molar-refractivity contribution in [1.29, 1.82) is 0 Å². The van der Waals surface area contributed by atoms with Crippen LogP contribution in [-0.2, 0) is 8.98 Å². The number of pyridine rings is 2. The van der Waals surface area contributed by atoms with Gasteiger partial charge < -0.3 is 19.7 Å². The Hall–Kier alpha value is -2.91. The first kappa shape index (κ1) is 21.8. The lowest BCUT2D eigenvalue weighted by molar-refractivity contribution is -0.114. The van der Waals surface area contributed by atoms with E-state index in [2.05, 4.69) is 24.0 Å². The average Bonchev–Trinajstić information content (AvgIpc) is 3.42. The fourth-order valence-electron chi connectivity index (χ4n) is 3.20. The van der Waals surface area contributed by atoms with Crippen LogP contribution in [0.5, 0.6) is 0 Å². The summed E-state index contributed by atoms with van der Waals surface area (Å²) in [6.45, 7) is 2.45. The number of carbonyl (C=O) groups is 1. The molecular weight excluding hydrogens is 400 g/mol. The highest BCUT2D eigenvalue weighted by Crippen LogP contribution is 2.23. The molecule has 0 atom stereocenters. The minimum Gasteiger partial charge on any atom is -0.400 e. The summed E-state index contributed by atoms with van der Waals surface area (Å²) in [5.74, 6) is 0.806. The number of nitrogens with two attached hydrogens (primary N) is 1. The number of anilines is 2. The predicted molar refractivity (Wildman–Crippen MR) is 122 cm³/mol. The molecule has 0 aliphatic carbocycles. The molecule has 2 aliphatic rings. The SMILES string of the molecule is COSC.NC1=C(C=Nc2ccc(N3CCCC3)nc2)C(=O)N(c2cccnc2)C1. The Balaban J connectivity index is 0.000000589. The Bertz CT molecular complexity index is 893. The summed E-state index contributed by atoms with van der Waals surface area (Å²) in [6.07, 6.45) is 10.9. The molecule has 2 N–H and O–H groups in total. The Morgan fingerprint density at radius 2 is 2.00 bits per heavy atom. The van der Waals surface area contributed by atoms with Gasteiger partial charge in [0.1, 0.15) is 5.82 Å². The van der Waals surface area contributed by atoms with Crippen LogP contribution in [0.2, 0.25) is 0 Å².